The smallest absolute Gasteiger partial charge is 0.194 e. The molecule has 0 aliphatic carbocycles. The lowest BCUT2D eigenvalue weighted by molar-refractivity contribution is 0.447. The van der Waals surface area contributed by atoms with E-state index >= 15 is 0 Å². The topological polar surface area (TPSA) is 25.8 Å². The number of hydrogen-bond acceptors (Lipinski definition) is 2. The van der Waals surface area contributed by atoms with Gasteiger partial charge in [0.1, 0.15) is 11.0 Å². The molecule has 1 aromatic carbocycles. The van der Waals surface area contributed by atoms with Crippen LogP contribution in [-0.2, 0) is 0 Å². The molecule has 0 atom stereocenters. The monoisotopic (exact) mass is 272 g/mol. The molecule has 0 unspecified atom stereocenters. The molecule has 0 N–H and O–H groups in total. The Bertz CT molecular complexity index is 606. The Kier molecular flexibility index (Phi) is 3.26. The highest BCUT2D eigenvalue weighted by Crippen LogP contribution is 2.27. The average Bonchev–Trinajstić information content (AvgIpc) is 2.30. The fraction of sp³-hybridized carbons (Fsp3) is 0.167. The van der Waals surface area contributed by atoms with Gasteiger partial charge in [-0.3, -0.25) is 0 Å². The molecule has 94 valence electrons. The van der Waals surface area contributed by atoms with E-state index in [1.165, 1.54) is 0 Å². The Morgan fingerprint density at radius 3 is 2.11 bits per heavy atom. The summed E-state index contributed by atoms with van der Waals surface area (Å²) in [4.78, 5) is 7.98. The van der Waals surface area contributed by atoms with Gasteiger partial charge in [-0.1, -0.05) is 11.6 Å². The largest absolute Gasteiger partial charge is 0.233 e. The molecule has 0 aliphatic rings. The maximum Gasteiger partial charge on any atom is 0.194 e. The van der Waals surface area contributed by atoms with Crippen molar-refractivity contribution in [2.45, 2.75) is 13.8 Å². The van der Waals surface area contributed by atoms with Crippen LogP contribution in [0.5, 0.6) is 0 Å². The van der Waals surface area contributed by atoms with Crippen molar-refractivity contribution in [3.05, 3.63) is 46.1 Å². The number of hydrogen-bond donors (Lipinski definition) is 0. The van der Waals surface area contributed by atoms with Gasteiger partial charge < -0.3 is 0 Å². The molecule has 1 heterocycles. The van der Waals surface area contributed by atoms with Crippen LogP contribution in [0.25, 0.3) is 11.3 Å². The third kappa shape index (κ3) is 2.18. The van der Waals surface area contributed by atoms with Crippen molar-refractivity contribution >= 4 is 11.6 Å². The number of rotatable bonds is 1. The van der Waals surface area contributed by atoms with Crippen LogP contribution in [-0.4, -0.2) is 9.97 Å². The Morgan fingerprint density at radius 1 is 1.00 bits per heavy atom. The molecule has 2 rings (SSSR count). The van der Waals surface area contributed by atoms with Crippen molar-refractivity contribution in [2.24, 2.45) is 0 Å². The molecule has 2 aromatic rings. The van der Waals surface area contributed by atoms with E-state index in [2.05, 4.69) is 9.97 Å². The number of nitrogens with zero attached hydrogens (tertiary/aromatic N) is 2. The molecule has 0 saturated heterocycles. The molecule has 0 spiro atoms. The zero-order chi connectivity index (χ0) is 13.4. The van der Waals surface area contributed by atoms with E-state index in [1.54, 1.807) is 13.8 Å². The zero-order valence-electron chi connectivity index (χ0n) is 9.56. The third-order valence-electron chi connectivity index (χ3n) is 2.46. The number of aryl methyl sites for hydroxylation is 1. The normalized spacial score (nSPS) is 10.8. The summed E-state index contributed by atoms with van der Waals surface area (Å²) in [6.07, 6.45) is 0. The van der Waals surface area contributed by atoms with E-state index in [0.717, 1.165) is 12.1 Å². The van der Waals surface area contributed by atoms with Gasteiger partial charge in [0.2, 0.25) is 0 Å². The Balaban J connectivity index is 2.69. The zero-order valence-corrected chi connectivity index (χ0v) is 10.3. The molecule has 18 heavy (non-hydrogen) atoms. The van der Waals surface area contributed by atoms with Gasteiger partial charge >= 0.3 is 0 Å². The molecule has 1 aromatic heterocycles. The lowest BCUT2D eigenvalue weighted by Crippen LogP contribution is -1.99. The predicted octanol–water partition coefficient (Wildman–Crippen LogP) is 3.83. The first-order chi connectivity index (χ1) is 8.40. The first-order valence-electron chi connectivity index (χ1n) is 5.06. The summed E-state index contributed by atoms with van der Waals surface area (Å²) in [6, 6.07) is 1.76. The van der Waals surface area contributed by atoms with Gasteiger partial charge in [0.05, 0.1) is 5.69 Å². The molecule has 2 nitrogen and oxygen atoms in total. The van der Waals surface area contributed by atoms with Gasteiger partial charge in [0.15, 0.2) is 17.5 Å². The van der Waals surface area contributed by atoms with Crippen molar-refractivity contribution in [3.63, 3.8) is 0 Å². The van der Waals surface area contributed by atoms with Crippen molar-refractivity contribution < 1.29 is 13.2 Å². The minimum Gasteiger partial charge on any atom is -0.233 e. The van der Waals surface area contributed by atoms with Crippen molar-refractivity contribution in [1.29, 1.82) is 0 Å². The second kappa shape index (κ2) is 4.57. The predicted molar refractivity (Wildman–Crippen MR) is 61.8 cm³/mol. The van der Waals surface area contributed by atoms with Crippen molar-refractivity contribution in [2.75, 3.05) is 0 Å². The first kappa shape index (κ1) is 12.8. The van der Waals surface area contributed by atoms with Crippen molar-refractivity contribution in [3.8, 4) is 11.3 Å². The summed E-state index contributed by atoms with van der Waals surface area (Å²) in [5.41, 5.74) is 0.884. The maximum atomic E-state index is 13.2. The SMILES string of the molecule is Cc1nc(Cl)c(C)c(-c2cc(F)c(F)c(F)c2)n1. The van der Waals surface area contributed by atoms with Gasteiger partial charge in [0, 0.05) is 11.1 Å². The summed E-state index contributed by atoms with van der Waals surface area (Å²) in [6.45, 7) is 3.22. The summed E-state index contributed by atoms with van der Waals surface area (Å²) in [5.74, 6) is -3.67. The Morgan fingerprint density at radius 2 is 1.56 bits per heavy atom. The number of benzene rings is 1. The van der Waals surface area contributed by atoms with Gasteiger partial charge in [-0.2, -0.15) is 0 Å². The first-order valence-corrected chi connectivity index (χ1v) is 5.43. The minimum atomic E-state index is -1.51. The van der Waals surface area contributed by atoms with E-state index in [1.807, 2.05) is 0 Å². The molecule has 0 radical (unpaired) electrons. The molecule has 0 amide bonds. The average molecular weight is 273 g/mol. The molecule has 0 fully saturated rings. The molecule has 6 heteroatoms. The molecular weight excluding hydrogens is 265 g/mol. The molecule has 0 aliphatic heterocycles. The van der Waals surface area contributed by atoms with Crippen LogP contribution in [0.2, 0.25) is 5.15 Å². The molecule has 0 saturated carbocycles. The third-order valence-corrected chi connectivity index (χ3v) is 2.82. The maximum absolute atomic E-state index is 13.2. The second-order valence-corrected chi connectivity index (χ2v) is 4.15. The van der Waals surface area contributed by atoms with Gasteiger partial charge in [-0.05, 0) is 26.0 Å². The molecular formula is C12H8ClF3N2. The summed E-state index contributed by atoms with van der Waals surface area (Å²) < 4.78 is 39.2. The number of halogens is 4. The van der Waals surface area contributed by atoms with Crippen molar-refractivity contribution in [1.82, 2.24) is 9.97 Å². The van der Waals surface area contributed by atoms with Gasteiger partial charge in [0.25, 0.3) is 0 Å². The van der Waals surface area contributed by atoms with E-state index in [9.17, 15) is 13.2 Å². The lowest BCUT2D eigenvalue weighted by Gasteiger charge is -2.08. The van der Waals surface area contributed by atoms with Crippen LogP contribution in [0, 0.1) is 31.3 Å². The van der Waals surface area contributed by atoms with E-state index < -0.39 is 17.5 Å². The van der Waals surface area contributed by atoms with E-state index in [0.29, 0.717) is 11.4 Å². The highest BCUT2D eigenvalue weighted by atomic mass is 35.5. The van der Waals surface area contributed by atoms with Crippen LogP contribution in [0.15, 0.2) is 12.1 Å². The summed E-state index contributed by atoms with van der Waals surface area (Å²) >= 11 is 5.87. The Labute approximate surface area is 106 Å². The second-order valence-electron chi connectivity index (χ2n) is 3.79. The lowest BCUT2D eigenvalue weighted by atomic mass is 10.1. The number of aromatic nitrogens is 2. The van der Waals surface area contributed by atoms with E-state index in [-0.39, 0.29) is 16.4 Å². The summed E-state index contributed by atoms with van der Waals surface area (Å²) in [5, 5.41) is 0.197. The van der Waals surface area contributed by atoms with Gasteiger partial charge in [-0.15, -0.1) is 0 Å². The van der Waals surface area contributed by atoms with Crippen LogP contribution in [0.4, 0.5) is 13.2 Å². The molecule has 0 bridgehead atoms. The van der Waals surface area contributed by atoms with Crippen LogP contribution < -0.4 is 0 Å². The van der Waals surface area contributed by atoms with E-state index in [4.69, 9.17) is 11.6 Å². The summed E-state index contributed by atoms with van der Waals surface area (Å²) in [7, 11) is 0. The quantitative estimate of drug-likeness (QED) is 0.582. The van der Waals surface area contributed by atoms with Crippen LogP contribution in [0.3, 0.4) is 0 Å². The van der Waals surface area contributed by atoms with Crippen LogP contribution in [0.1, 0.15) is 11.4 Å². The van der Waals surface area contributed by atoms with Gasteiger partial charge in [-0.25, -0.2) is 23.1 Å². The highest BCUT2D eigenvalue weighted by molar-refractivity contribution is 6.30. The fourth-order valence-electron chi connectivity index (χ4n) is 1.57. The Hall–Kier alpha value is -1.62. The minimum absolute atomic E-state index is 0.122. The van der Waals surface area contributed by atoms with Crippen LogP contribution >= 0.6 is 11.6 Å². The standard InChI is InChI=1S/C12H8ClF3N2/c1-5-11(17-6(2)18-12(5)13)7-3-8(14)10(16)9(15)4-7/h3-4H,1-2H3. The fourth-order valence-corrected chi connectivity index (χ4v) is 1.78. The highest BCUT2D eigenvalue weighted by Gasteiger charge is 2.15.